The molecule has 4 nitrogen and oxygen atoms in total. The van der Waals surface area contributed by atoms with E-state index in [9.17, 15) is 4.79 Å². The molecule has 0 saturated carbocycles. The van der Waals surface area contributed by atoms with Gasteiger partial charge in [-0.25, -0.2) is 4.98 Å². The maximum absolute atomic E-state index is 11.9. The average molecular weight is 387 g/mol. The topological polar surface area (TPSA) is 43.6 Å². The number of hydrogen-bond acceptors (Lipinski definition) is 4. The Kier molecular flexibility index (Phi) is 3.63. The molecule has 114 valence electrons. The van der Waals surface area contributed by atoms with Crippen LogP contribution in [-0.2, 0) is 6.61 Å². The van der Waals surface area contributed by atoms with Crippen molar-refractivity contribution in [2.24, 2.45) is 0 Å². The zero-order chi connectivity index (χ0) is 15.8. The van der Waals surface area contributed by atoms with Gasteiger partial charge in [-0.2, -0.15) is 0 Å². The Hall–Kier alpha value is -2.18. The first kappa shape index (κ1) is 14.4. The van der Waals surface area contributed by atoms with E-state index >= 15 is 0 Å². The third kappa shape index (κ3) is 2.87. The number of halogens is 1. The summed E-state index contributed by atoms with van der Waals surface area (Å²) in [7, 11) is 0. The van der Waals surface area contributed by atoms with E-state index in [1.807, 2.05) is 35.7 Å². The van der Waals surface area contributed by atoms with Crippen LogP contribution >= 0.6 is 27.3 Å². The van der Waals surface area contributed by atoms with E-state index in [-0.39, 0.29) is 12.2 Å². The smallest absolute Gasteiger partial charge is 0.258 e. The summed E-state index contributed by atoms with van der Waals surface area (Å²) in [5.41, 5.74) is 0.548. The summed E-state index contributed by atoms with van der Waals surface area (Å²) in [6.07, 6.45) is 1.72. The predicted octanol–water partition coefficient (Wildman–Crippen LogP) is 4.25. The van der Waals surface area contributed by atoms with Gasteiger partial charge in [0.15, 0.2) is 4.96 Å². The van der Waals surface area contributed by atoms with E-state index in [1.165, 1.54) is 21.8 Å². The molecular formula is C17H11BrN2O2S. The van der Waals surface area contributed by atoms with E-state index in [2.05, 4.69) is 27.0 Å². The molecule has 0 radical (unpaired) electrons. The first-order chi connectivity index (χ1) is 11.2. The monoisotopic (exact) mass is 386 g/mol. The molecule has 2 heterocycles. The fourth-order valence-electron chi connectivity index (χ4n) is 2.40. The van der Waals surface area contributed by atoms with Crippen LogP contribution in [-0.4, -0.2) is 9.38 Å². The number of thiazole rings is 1. The number of aromatic nitrogens is 2. The van der Waals surface area contributed by atoms with E-state index in [4.69, 9.17) is 4.74 Å². The normalized spacial score (nSPS) is 11.2. The second-order valence-electron chi connectivity index (χ2n) is 5.08. The molecule has 0 aliphatic heterocycles. The molecule has 0 aliphatic rings. The van der Waals surface area contributed by atoms with Gasteiger partial charge in [-0.15, -0.1) is 11.3 Å². The van der Waals surface area contributed by atoms with E-state index in [0.29, 0.717) is 10.7 Å². The predicted molar refractivity (Wildman–Crippen MR) is 95.3 cm³/mol. The van der Waals surface area contributed by atoms with Crippen molar-refractivity contribution in [1.82, 2.24) is 9.38 Å². The number of fused-ring (bicyclic) bond motifs is 2. The Morgan fingerprint density at radius 2 is 1.96 bits per heavy atom. The zero-order valence-corrected chi connectivity index (χ0v) is 14.3. The molecule has 0 aliphatic carbocycles. The highest BCUT2D eigenvalue weighted by atomic mass is 79.9. The fraction of sp³-hybridized carbons (Fsp3) is 0.0588. The highest BCUT2D eigenvalue weighted by molar-refractivity contribution is 9.10. The average Bonchev–Trinajstić information content (AvgIpc) is 3.02. The number of nitrogens with zero attached hydrogens (tertiary/aromatic N) is 2. The van der Waals surface area contributed by atoms with Crippen LogP contribution in [0.15, 0.2) is 63.3 Å². The molecule has 0 fully saturated rings. The van der Waals surface area contributed by atoms with Gasteiger partial charge in [0.1, 0.15) is 12.4 Å². The van der Waals surface area contributed by atoms with Crippen molar-refractivity contribution < 1.29 is 4.74 Å². The second kappa shape index (κ2) is 5.79. The Labute approximate surface area is 144 Å². The van der Waals surface area contributed by atoms with Gasteiger partial charge < -0.3 is 4.74 Å². The molecule has 2 aromatic heterocycles. The zero-order valence-electron chi connectivity index (χ0n) is 11.9. The van der Waals surface area contributed by atoms with Gasteiger partial charge in [-0.3, -0.25) is 9.20 Å². The molecule has 23 heavy (non-hydrogen) atoms. The third-order valence-corrected chi connectivity index (χ3v) is 4.77. The molecule has 0 N–H and O–H groups in total. The lowest BCUT2D eigenvalue weighted by molar-refractivity contribution is 0.302. The molecule has 0 unspecified atom stereocenters. The highest BCUT2D eigenvalue weighted by Crippen LogP contribution is 2.24. The number of rotatable bonds is 3. The van der Waals surface area contributed by atoms with Gasteiger partial charge in [-0.05, 0) is 35.0 Å². The lowest BCUT2D eigenvalue weighted by atomic mass is 10.1. The van der Waals surface area contributed by atoms with Crippen molar-refractivity contribution in [1.29, 1.82) is 0 Å². The summed E-state index contributed by atoms with van der Waals surface area (Å²) in [5.74, 6) is 0.757. The molecule has 0 spiro atoms. The van der Waals surface area contributed by atoms with Crippen LogP contribution in [0.2, 0.25) is 0 Å². The SMILES string of the molecule is O=c1cc(COc2ccc3cc(Br)ccc3c2)nc2sccn12. The second-order valence-corrected chi connectivity index (χ2v) is 6.87. The van der Waals surface area contributed by atoms with Gasteiger partial charge in [-0.1, -0.05) is 28.1 Å². The van der Waals surface area contributed by atoms with E-state index in [0.717, 1.165) is 21.0 Å². The van der Waals surface area contributed by atoms with Crippen LogP contribution < -0.4 is 10.3 Å². The van der Waals surface area contributed by atoms with Crippen LogP contribution in [0.1, 0.15) is 5.69 Å². The van der Waals surface area contributed by atoms with Crippen molar-refractivity contribution in [3.63, 3.8) is 0 Å². The molecule has 0 atom stereocenters. The van der Waals surface area contributed by atoms with Gasteiger partial charge in [0, 0.05) is 22.1 Å². The van der Waals surface area contributed by atoms with Crippen molar-refractivity contribution in [3.05, 3.63) is 74.6 Å². The summed E-state index contributed by atoms with van der Waals surface area (Å²) in [6.45, 7) is 0.270. The quantitative estimate of drug-likeness (QED) is 0.528. The van der Waals surface area contributed by atoms with Crippen molar-refractivity contribution in [2.45, 2.75) is 6.61 Å². The lowest BCUT2D eigenvalue weighted by Crippen LogP contribution is -2.14. The maximum Gasteiger partial charge on any atom is 0.258 e. The third-order valence-electron chi connectivity index (χ3n) is 3.52. The Bertz CT molecular complexity index is 1070. The summed E-state index contributed by atoms with van der Waals surface area (Å²) in [5, 5.41) is 4.09. The maximum atomic E-state index is 11.9. The van der Waals surface area contributed by atoms with Gasteiger partial charge in [0.2, 0.25) is 0 Å². The molecule has 0 saturated heterocycles. The minimum atomic E-state index is -0.0850. The van der Waals surface area contributed by atoms with Crippen LogP contribution in [0.5, 0.6) is 5.75 Å². The van der Waals surface area contributed by atoms with Crippen molar-refractivity contribution in [3.8, 4) is 5.75 Å². The first-order valence-electron chi connectivity index (χ1n) is 6.97. The van der Waals surface area contributed by atoms with Crippen LogP contribution in [0.3, 0.4) is 0 Å². The van der Waals surface area contributed by atoms with Gasteiger partial charge in [0.05, 0.1) is 5.69 Å². The van der Waals surface area contributed by atoms with Crippen LogP contribution in [0.4, 0.5) is 0 Å². The molecule has 4 aromatic rings. The minimum Gasteiger partial charge on any atom is -0.487 e. The van der Waals surface area contributed by atoms with Gasteiger partial charge >= 0.3 is 0 Å². The largest absolute Gasteiger partial charge is 0.487 e. The number of benzene rings is 2. The van der Waals surface area contributed by atoms with E-state index in [1.54, 1.807) is 6.20 Å². The number of hydrogen-bond donors (Lipinski definition) is 0. The summed E-state index contributed by atoms with van der Waals surface area (Å²) in [4.78, 5) is 17.1. The molecular weight excluding hydrogens is 376 g/mol. The Morgan fingerprint density at radius 1 is 1.13 bits per heavy atom. The summed E-state index contributed by atoms with van der Waals surface area (Å²) < 4.78 is 8.37. The summed E-state index contributed by atoms with van der Waals surface area (Å²) >= 11 is 4.90. The minimum absolute atomic E-state index is 0.0850. The standard InChI is InChI=1S/C17H11BrN2O2S/c18-13-3-1-12-8-15(4-2-11(12)7-13)22-10-14-9-16(21)20-5-6-23-17(20)19-14/h1-9H,10H2. The van der Waals surface area contributed by atoms with Gasteiger partial charge in [0.25, 0.3) is 5.56 Å². The van der Waals surface area contributed by atoms with Crippen LogP contribution in [0.25, 0.3) is 15.7 Å². The van der Waals surface area contributed by atoms with Crippen molar-refractivity contribution in [2.75, 3.05) is 0 Å². The highest BCUT2D eigenvalue weighted by Gasteiger charge is 2.05. The van der Waals surface area contributed by atoms with Crippen LogP contribution in [0, 0.1) is 0 Å². The van der Waals surface area contributed by atoms with Crippen molar-refractivity contribution >= 4 is 43.0 Å². The Balaban J connectivity index is 1.60. The molecule has 0 amide bonds. The fourth-order valence-corrected chi connectivity index (χ4v) is 3.52. The molecule has 0 bridgehead atoms. The Morgan fingerprint density at radius 3 is 2.87 bits per heavy atom. The molecule has 6 heteroatoms. The lowest BCUT2D eigenvalue weighted by Gasteiger charge is -2.07. The van der Waals surface area contributed by atoms with E-state index < -0.39 is 0 Å². The molecule has 4 rings (SSSR count). The molecule has 2 aromatic carbocycles. The number of ether oxygens (including phenoxy) is 1. The first-order valence-corrected chi connectivity index (χ1v) is 8.64. The summed E-state index contributed by atoms with van der Waals surface area (Å²) in [6, 6.07) is 13.5.